The lowest BCUT2D eigenvalue weighted by Crippen LogP contribution is -2.67. The maximum atomic E-state index is 13.1. The van der Waals surface area contributed by atoms with Crippen molar-refractivity contribution in [2.45, 2.75) is 121 Å². The van der Waals surface area contributed by atoms with Gasteiger partial charge in [0, 0.05) is 0 Å². The molecule has 0 aromatic carbocycles. The van der Waals surface area contributed by atoms with Gasteiger partial charge >= 0.3 is 23.9 Å². The second-order valence-corrected chi connectivity index (χ2v) is 14.6. The minimum absolute atomic E-state index is 0.313. The normalized spacial score (nSPS) is 24.3. The van der Waals surface area contributed by atoms with Crippen molar-refractivity contribution in [2.24, 2.45) is 21.7 Å². The molecule has 0 radical (unpaired) electrons. The highest BCUT2D eigenvalue weighted by Gasteiger charge is 2.54. The number of ether oxygens (including phenoxy) is 5. The van der Waals surface area contributed by atoms with Crippen molar-refractivity contribution in [2.75, 3.05) is 6.61 Å². The number of esters is 4. The van der Waals surface area contributed by atoms with Crippen molar-refractivity contribution < 1.29 is 42.9 Å². The predicted molar refractivity (Wildman–Crippen MR) is 148 cm³/mol. The summed E-state index contributed by atoms with van der Waals surface area (Å²) in [7, 11) is 0. The molecule has 0 aromatic rings. The van der Waals surface area contributed by atoms with E-state index in [1.54, 1.807) is 90.0 Å². The van der Waals surface area contributed by atoms with E-state index in [4.69, 9.17) is 35.9 Å². The molecule has 224 valence electrons. The summed E-state index contributed by atoms with van der Waals surface area (Å²) < 4.78 is 29.4. The molecule has 0 bridgehead atoms. The molecular weight excluding hydrogens is 526 g/mol. The summed E-state index contributed by atoms with van der Waals surface area (Å²) in [5.74, 6) is -2.34. The first-order valence-electron chi connectivity index (χ1n) is 13.1. The number of hydrogen-bond acceptors (Lipinski definition) is 10. The summed E-state index contributed by atoms with van der Waals surface area (Å²) in [5, 5.41) is 2.94. The van der Waals surface area contributed by atoms with Crippen molar-refractivity contribution in [3.05, 3.63) is 0 Å². The van der Waals surface area contributed by atoms with E-state index in [0.717, 1.165) is 0 Å². The van der Waals surface area contributed by atoms with E-state index in [1.807, 2.05) is 0 Å². The lowest BCUT2D eigenvalue weighted by atomic mass is 9.92. The summed E-state index contributed by atoms with van der Waals surface area (Å²) >= 11 is 5.23. The Kier molecular flexibility index (Phi) is 11.1. The molecule has 0 spiro atoms. The van der Waals surface area contributed by atoms with Crippen LogP contribution in [0.25, 0.3) is 0 Å². The van der Waals surface area contributed by atoms with Gasteiger partial charge in [-0.15, -0.1) is 0 Å². The van der Waals surface area contributed by atoms with E-state index in [1.165, 1.54) is 0 Å². The van der Waals surface area contributed by atoms with Crippen molar-refractivity contribution in [3.63, 3.8) is 0 Å². The van der Waals surface area contributed by atoms with Crippen LogP contribution in [0.2, 0.25) is 0 Å². The first-order valence-corrected chi connectivity index (χ1v) is 13.5. The molecule has 1 aliphatic heterocycles. The first-order chi connectivity index (χ1) is 17.4. The third kappa shape index (κ3) is 10.3. The van der Waals surface area contributed by atoms with Crippen LogP contribution in [-0.2, 0) is 42.9 Å². The third-order valence-corrected chi connectivity index (χ3v) is 5.65. The Morgan fingerprint density at radius 3 is 1.36 bits per heavy atom. The van der Waals surface area contributed by atoms with E-state index < -0.39 is 76.2 Å². The second-order valence-electron chi connectivity index (χ2n) is 14.0. The van der Waals surface area contributed by atoms with Crippen LogP contribution in [0.1, 0.15) is 90.0 Å². The average molecular weight is 574 g/mol. The Hall–Kier alpha value is -2.27. The van der Waals surface area contributed by atoms with Crippen molar-refractivity contribution in [1.82, 2.24) is 5.32 Å². The molecule has 0 aliphatic carbocycles. The van der Waals surface area contributed by atoms with Gasteiger partial charge in [0.2, 0.25) is 0 Å². The fourth-order valence-electron chi connectivity index (χ4n) is 3.05. The van der Waals surface area contributed by atoms with Gasteiger partial charge in [0.15, 0.2) is 24.5 Å². The monoisotopic (exact) mass is 573 g/mol. The summed E-state index contributed by atoms with van der Waals surface area (Å²) in [6.45, 7) is 21.4. The van der Waals surface area contributed by atoms with Gasteiger partial charge in [-0.3, -0.25) is 19.2 Å². The molecule has 0 aromatic heterocycles. The number of carbonyl (C=O) groups is 4. The van der Waals surface area contributed by atoms with Crippen molar-refractivity contribution in [3.8, 4) is 0 Å². The largest absolute Gasteiger partial charge is 0.462 e. The van der Waals surface area contributed by atoms with Gasteiger partial charge in [0.05, 0.1) is 26.6 Å². The van der Waals surface area contributed by atoms with Crippen LogP contribution in [-0.4, -0.2) is 66.1 Å². The van der Waals surface area contributed by atoms with E-state index in [-0.39, 0.29) is 6.61 Å². The molecule has 1 saturated heterocycles. The highest BCUT2D eigenvalue weighted by Crippen LogP contribution is 2.33. The van der Waals surface area contributed by atoms with Crippen LogP contribution in [0.3, 0.4) is 0 Å². The minimum atomic E-state index is -1.31. The molecule has 11 heteroatoms. The smallest absolute Gasteiger partial charge is 0.311 e. The third-order valence-electron chi connectivity index (χ3n) is 5.54. The van der Waals surface area contributed by atoms with Gasteiger partial charge in [-0.05, 0) is 90.0 Å². The molecular formula is C28H47NO9S. The van der Waals surface area contributed by atoms with Crippen LogP contribution in [0.15, 0.2) is 0 Å². The zero-order valence-electron chi connectivity index (χ0n) is 25.7. The highest BCUT2D eigenvalue weighted by molar-refractivity contribution is 7.80. The predicted octanol–water partition coefficient (Wildman–Crippen LogP) is 4.11. The number of rotatable bonds is 6. The highest BCUT2D eigenvalue weighted by atomic mass is 32.1. The van der Waals surface area contributed by atoms with E-state index in [9.17, 15) is 19.2 Å². The summed E-state index contributed by atoms with van der Waals surface area (Å²) in [5.41, 5.74) is -3.58. The molecule has 1 rings (SSSR count). The molecule has 10 nitrogen and oxygen atoms in total. The molecule has 5 atom stereocenters. The fourth-order valence-corrected chi connectivity index (χ4v) is 3.16. The molecule has 1 heterocycles. The van der Waals surface area contributed by atoms with Crippen LogP contribution >= 0.6 is 12.2 Å². The van der Waals surface area contributed by atoms with Gasteiger partial charge < -0.3 is 29.0 Å². The maximum Gasteiger partial charge on any atom is 0.311 e. The number of thiocarbonyl (C=S) groups is 1. The van der Waals surface area contributed by atoms with Gasteiger partial charge in [-0.1, -0.05) is 12.2 Å². The molecule has 0 unspecified atom stereocenters. The standard InChI is InChI=1S/C28H47NO9S/c1-15(39)29-20-19(38-24(33)28(11,12)13)18(37-23(32)27(8,9)10)17(36-22(31)26(5,6)7)16(35-20)14-34-21(30)25(2,3)4/h16-20H,14H2,1-13H3,(H,29,39)/t16-,17-,18+,19-,20-/m1/s1. The number of carbonyl (C=O) groups excluding carboxylic acids is 4. The van der Waals surface area contributed by atoms with Gasteiger partial charge in [0.25, 0.3) is 0 Å². The zero-order valence-corrected chi connectivity index (χ0v) is 26.5. The summed E-state index contributed by atoms with van der Waals surface area (Å²) in [6, 6.07) is 0. The molecule has 0 amide bonds. The molecule has 1 N–H and O–H groups in total. The van der Waals surface area contributed by atoms with Crippen LogP contribution in [0.4, 0.5) is 0 Å². The lowest BCUT2D eigenvalue weighted by Gasteiger charge is -2.46. The maximum absolute atomic E-state index is 13.1. The van der Waals surface area contributed by atoms with Gasteiger partial charge in [-0.2, -0.15) is 0 Å². The van der Waals surface area contributed by atoms with Crippen molar-refractivity contribution >= 4 is 41.1 Å². The molecule has 39 heavy (non-hydrogen) atoms. The Morgan fingerprint density at radius 2 is 1.00 bits per heavy atom. The molecule has 1 aliphatic rings. The summed E-state index contributed by atoms with van der Waals surface area (Å²) in [6.07, 6.45) is -6.04. The quantitative estimate of drug-likeness (QED) is 0.280. The van der Waals surface area contributed by atoms with Crippen molar-refractivity contribution in [1.29, 1.82) is 0 Å². The van der Waals surface area contributed by atoms with E-state index >= 15 is 0 Å². The number of hydrogen-bond donors (Lipinski definition) is 1. The Labute approximate surface area is 238 Å². The molecule has 0 saturated carbocycles. The Bertz CT molecular complexity index is 935. The number of nitrogens with one attached hydrogen (secondary N) is 1. The first kappa shape index (κ1) is 34.8. The Morgan fingerprint density at radius 1 is 0.641 bits per heavy atom. The molecule has 1 fully saturated rings. The van der Waals surface area contributed by atoms with Gasteiger partial charge in [-0.25, -0.2) is 0 Å². The van der Waals surface area contributed by atoms with Gasteiger partial charge in [0.1, 0.15) is 12.7 Å². The SMILES string of the molecule is CC(=S)N[C@@H]1O[C@H](COC(=O)C(C)(C)C)[C@@H](OC(=O)C(C)(C)C)[C@H](OC(=O)C(C)(C)C)[C@H]1OC(=O)C(C)(C)C. The van der Waals surface area contributed by atoms with E-state index in [2.05, 4.69) is 5.32 Å². The zero-order chi connectivity index (χ0) is 30.7. The van der Waals surface area contributed by atoms with Crippen LogP contribution < -0.4 is 5.32 Å². The summed E-state index contributed by atoms with van der Waals surface area (Å²) in [4.78, 5) is 52.2. The topological polar surface area (TPSA) is 126 Å². The minimum Gasteiger partial charge on any atom is -0.462 e. The Balaban J connectivity index is 3.70. The van der Waals surface area contributed by atoms with Crippen LogP contribution in [0.5, 0.6) is 0 Å². The lowest BCUT2D eigenvalue weighted by molar-refractivity contribution is -0.262. The van der Waals surface area contributed by atoms with E-state index in [0.29, 0.717) is 4.99 Å². The average Bonchev–Trinajstić information content (AvgIpc) is 2.72. The van der Waals surface area contributed by atoms with Crippen LogP contribution in [0, 0.1) is 21.7 Å². The fraction of sp³-hybridized carbons (Fsp3) is 0.821. The second kappa shape index (κ2) is 12.5.